The van der Waals surface area contributed by atoms with Crippen LogP contribution in [0.25, 0.3) is 0 Å². The Labute approximate surface area is 127 Å². The van der Waals surface area contributed by atoms with Crippen LogP contribution in [0.15, 0.2) is 54.6 Å². The van der Waals surface area contributed by atoms with Crippen LogP contribution >= 0.6 is 0 Å². The van der Waals surface area contributed by atoms with Crippen LogP contribution in [0.3, 0.4) is 0 Å². The third-order valence-corrected chi connectivity index (χ3v) is 3.02. The zero-order chi connectivity index (χ0) is 15.9. The van der Waals surface area contributed by atoms with Crippen molar-refractivity contribution in [2.75, 3.05) is 7.11 Å². The fourth-order valence-corrected chi connectivity index (χ4v) is 1.86. The first kappa shape index (κ1) is 15.4. The number of ether oxygens (including phenoxy) is 1. The molecule has 0 aliphatic carbocycles. The highest BCUT2D eigenvalue weighted by molar-refractivity contribution is 6.13. The van der Waals surface area contributed by atoms with Crippen molar-refractivity contribution in [2.24, 2.45) is 0 Å². The Balaban J connectivity index is 1.93. The molecule has 0 heterocycles. The van der Waals surface area contributed by atoms with Crippen LogP contribution < -0.4 is 10.1 Å². The topological polar surface area (TPSA) is 72.5 Å². The largest absolute Gasteiger partial charge is 0.497 e. The number of carbonyl (C=O) groups is 3. The summed E-state index contributed by atoms with van der Waals surface area (Å²) in [5, 5.41) is 2.20. The number of rotatable bonds is 5. The Morgan fingerprint density at radius 1 is 0.909 bits per heavy atom. The zero-order valence-corrected chi connectivity index (χ0v) is 12.0. The quantitative estimate of drug-likeness (QED) is 0.678. The van der Waals surface area contributed by atoms with Crippen molar-refractivity contribution in [1.29, 1.82) is 0 Å². The second-order valence-corrected chi connectivity index (χ2v) is 4.57. The molecule has 0 atom stereocenters. The van der Waals surface area contributed by atoms with Crippen molar-refractivity contribution in [3.05, 3.63) is 65.7 Å². The lowest BCUT2D eigenvalue weighted by atomic mass is 10.1. The molecule has 0 aromatic heterocycles. The minimum absolute atomic E-state index is 0.360. The highest BCUT2D eigenvalue weighted by Crippen LogP contribution is 2.12. The second-order valence-electron chi connectivity index (χ2n) is 4.57. The molecular formula is C17H15NO4. The van der Waals surface area contributed by atoms with Gasteiger partial charge in [0, 0.05) is 11.1 Å². The number of carbonyl (C=O) groups excluding carboxylic acids is 3. The second kappa shape index (κ2) is 7.17. The predicted molar refractivity (Wildman–Crippen MR) is 80.9 cm³/mol. The number of Topliss-reactive ketones (excluding diaryl/α,β-unsaturated/α-hetero) is 1. The van der Waals surface area contributed by atoms with Gasteiger partial charge >= 0.3 is 0 Å². The highest BCUT2D eigenvalue weighted by Gasteiger charge is 2.15. The van der Waals surface area contributed by atoms with E-state index in [1.165, 1.54) is 7.11 Å². The highest BCUT2D eigenvalue weighted by atomic mass is 16.5. The summed E-state index contributed by atoms with van der Waals surface area (Å²) in [5.74, 6) is -0.885. The number of hydrogen-bond acceptors (Lipinski definition) is 4. The first-order valence-electron chi connectivity index (χ1n) is 6.66. The number of hydrogen-bond donors (Lipinski definition) is 1. The van der Waals surface area contributed by atoms with E-state index in [1.807, 2.05) is 0 Å². The van der Waals surface area contributed by atoms with Crippen LogP contribution in [0, 0.1) is 0 Å². The maximum atomic E-state index is 12.0. The third-order valence-electron chi connectivity index (χ3n) is 3.02. The Morgan fingerprint density at radius 3 is 2.14 bits per heavy atom. The summed E-state index contributed by atoms with van der Waals surface area (Å²) in [5.41, 5.74) is 0.760. The summed E-state index contributed by atoms with van der Waals surface area (Å²) in [7, 11) is 1.53. The van der Waals surface area contributed by atoms with Crippen molar-refractivity contribution in [3.8, 4) is 5.75 Å². The molecule has 0 aliphatic heterocycles. The van der Waals surface area contributed by atoms with Crippen molar-refractivity contribution in [1.82, 2.24) is 5.32 Å². The lowest BCUT2D eigenvalue weighted by Crippen LogP contribution is -2.31. The summed E-state index contributed by atoms with van der Waals surface area (Å²) in [4.78, 5) is 35.5. The van der Waals surface area contributed by atoms with Crippen LogP contribution in [0.5, 0.6) is 5.75 Å². The van der Waals surface area contributed by atoms with Crippen LogP contribution in [0.4, 0.5) is 0 Å². The van der Waals surface area contributed by atoms with Crippen LogP contribution in [-0.4, -0.2) is 24.7 Å². The van der Waals surface area contributed by atoms with Gasteiger partial charge in [-0.05, 0) is 36.4 Å². The van der Waals surface area contributed by atoms with Gasteiger partial charge in [0.1, 0.15) is 5.75 Å². The predicted octanol–water partition coefficient (Wildman–Crippen LogP) is 2.22. The van der Waals surface area contributed by atoms with Gasteiger partial charge in [0.05, 0.1) is 13.5 Å². The van der Waals surface area contributed by atoms with E-state index < -0.39 is 11.8 Å². The maximum Gasteiger partial charge on any atom is 0.257 e. The smallest absolute Gasteiger partial charge is 0.257 e. The van der Waals surface area contributed by atoms with Gasteiger partial charge in [-0.15, -0.1) is 0 Å². The fraction of sp³-hybridized carbons (Fsp3) is 0.118. The summed E-state index contributed by atoms with van der Waals surface area (Å²) >= 11 is 0. The van der Waals surface area contributed by atoms with Crippen LogP contribution in [0.1, 0.15) is 27.1 Å². The van der Waals surface area contributed by atoms with Gasteiger partial charge in [-0.2, -0.15) is 0 Å². The number of benzene rings is 2. The molecule has 0 aliphatic rings. The average molecular weight is 297 g/mol. The van der Waals surface area contributed by atoms with Crippen LogP contribution in [0.2, 0.25) is 0 Å². The van der Waals surface area contributed by atoms with E-state index in [9.17, 15) is 14.4 Å². The molecule has 2 rings (SSSR count). The zero-order valence-electron chi connectivity index (χ0n) is 12.0. The minimum atomic E-state index is -0.630. The monoisotopic (exact) mass is 297 g/mol. The molecule has 5 heteroatoms. The van der Waals surface area contributed by atoms with Gasteiger partial charge in [0.2, 0.25) is 5.91 Å². The Morgan fingerprint density at radius 2 is 1.55 bits per heavy atom. The number of methoxy groups -OCH3 is 1. The van der Waals surface area contributed by atoms with Crippen molar-refractivity contribution >= 4 is 17.6 Å². The van der Waals surface area contributed by atoms with Crippen molar-refractivity contribution < 1.29 is 19.1 Å². The van der Waals surface area contributed by atoms with Gasteiger partial charge < -0.3 is 4.74 Å². The van der Waals surface area contributed by atoms with Crippen LogP contribution in [-0.2, 0) is 4.79 Å². The molecule has 1 N–H and O–H groups in total. The average Bonchev–Trinajstić information content (AvgIpc) is 2.55. The van der Waals surface area contributed by atoms with E-state index >= 15 is 0 Å². The van der Waals surface area contributed by atoms with E-state index in [4.69, 9.17) is 4.74 Å². The third kappa shape index (κ3) is 4.02. The number of imide groups is 1. The Kier molecular flexibility index (Phi) is 5.03. The molecule has 2 aromatic carbocycles. The molecule has 0 saturated carbocycles. The molecule has 2 amide bonds. The molecule has 112 valence electrons. The Bertz CT molecular complexity index is 678. The molecule has 2 aromatic rings. The molecule has 0 saturated heterocycles. The molecule has 22 heavy (non-hydrogen) atoms. The van der Waals surface area contributed by atoms with Crippen molar-refractivity contribution in [3.63, 3.8) is 0 Å². The van der Waals surface area contributed by atoms with Crippen molar-refractivity contribution in [2.45, 2.75) is 6.42 Å². The molecule has 0 unspecified atom stereocenters. The number of ketones is 1. The molecule has 0 radical (unpaired) electrons. The van der Waals surface area contributed by atoms with Gasteiger partial charge in [-0.3, -0.25) is 19.7 Å². The van der Waals surface area contributed by atoms with Gasteiger partial charge in [-0.1, -0.05) is 18.2 Å². The molecular weight excluding hydrogens is 282 g/mol. The van der Waals surface area contributed by atoms with E-state index in [-0.39, 0.29) is 12.2 Å². The maximum absolute atomic E-state index is 12.0. The summed E-state index contributed by atoms with van der Waals surface area (Å²) < 4.78 is 5.00. The SMILES string of the molecule is COc1ccc(C(=O)CC(=O)NC(=O)c2ccccc2)cc1. The lowest BCUT2D eigenvalue weighted by molar-refractivity contribution is -0.119. The summed E-state index contributed by atoms with van der Waals surface area (Å²) in [6.45, 7) is 0. The van der Waals surface area contributed by atoms with E-state index in [1.54, 1.807) is 54.6 Å². The van der Waals surface area contributed by atoms with E-state index in [2.05, 4.69) is 5.32 Å². The number of amides is 2. The summed E-state index contributed by atoms with van der Waals surface area (Å²) in [6, 6.07) is 14.8. The molecule has 0 spiro atoms. The lowest BCUT2D eigenvalue weighted by Gasteiger charge is -2.05. The van der Waals surface area contributed by atoms with E-state index in [0.717, 1.165) is 0 Å². The first-order chi connectivity index (χ1) is 10.6. The normalized spacial score (nSPS) is 9.86. The first-order valence-corrected chi connectivity index (χ1v) is 6.66. The van der Waals surface area contributed by atoms with Gasteiger partial charge in [0.25, 0.3) is 5.91 Å². The van der Waals surface area contributed by atoms with Gasteiger partial charge in [0.15, 0.2) is 5.78 Å². The molecule has 0 bridgehead atoms. The Hall–Kier alpha value is -2.95. The van der Waals surface area contributed by atoms with Gasteiger partial charge in [-0.25, -0.2) is 0 Å². The molecule has 0 fully saturated rings. The standard InChI is InChI=1S/C17H15NO4/c1-22-14-9-7-12(8-10-14)15(19)11-16(20)18-17(21)13-5-3-2-4-6-13/h2-10H,11H2,1H3,(H,18,20,21). The van der Waals surface area contributed by atoms with E-state index in [0.29, 0.717) is 16.9 Å². The molecule has 5 nitrogen and oxygen atoms in total. The fourth-order valence-electron chi connectivity index (χ4n) is 1.86. The number of nitrogens with one attached hydrogen (secondary N) is 1. The minimum Gasteiger partial charge on any atom is -0.497 e. The summed E-state index contributed by atoms with van der Waals surface area (Å²) in [6.07, 6.45) is -0.384.